The maximum absolute atomic E-state index is 12.0. The van der Waals surface area contributed by atoms with Crippen LogP contribution in [0.5, 0.6) is 0 Å². The van der Waals surface area contributed by atoms with Gasteiger partial charge in [-0.1, -0.05) is 0 Å². The van der Waals surface area contributed by atoms with Gasteiger partial charge in [-0.3, -0.25) is 19.2 Å². The van der Waals surface area contributed by atoms with Crippen molar-refractivity contribution in [2.45, 2.75) is 0 Å². The van der Waals surface area contributed by atoms with E-state index in [4.69, 9.17) is 4.74 Å². The van der Waals surface area contributed by atoms with Crippen LogP contribution in [0.3, 0.4) is 0 Å². The predicted octanol–water partition coefficient (Wildman–Crippen LogP) is -0.608. The van der Waals surface area contributed by atoms with E-state index in [1.807, 2.05) is 4.90 Å². The molecule has 0 radical (unpaired) electrons. The van der Waals surface area contributed by atoms with Gasteiger partial charge in [-0.05, 0) is 0 Å². The van der Waals surface area contributed by atoms with Gasteiger partial charge in [0.15, 0.2) is 5.82 Å². The molecule has 2 aliphatic rings. The Hall–Kier alpha value is -1.93. The number of hydrogen-bond donors (Lipinski definition) is 2. The predicted molar refractivity (Wildman–Crippen MR) is 72.7 cm³/mol. The fourth-order valence-corrected chi connectivity index (χ4v) is 3.13. The molecule has 2 fully saturated rings. The molecule has 2 aliphatic heterocycles. The molecule has 114 valence electrons. The van der Waals surface area contributed by atoms with E-state index in [9.17, 15) is 14.7 Å². The average Bonchev–Trinajstić information content (AvgIpc) is 3.03. The lowest BCUT2D eigenvalue weighted by Crippen LogP contribution is -2.40. The van der Waals surface area contributed by atoms with Crippen molar-refractivity contribution in [2.75, 3.05) is 38.2 Å². The molecule has 0 aliphatic carbocycles. The first-order valence-electron chi connectivity index (χ1n) is 6.82. The largest absolute Gasteiger partial charge is 0.481 e. The molecule has 2 atom stereocenters. The number of hydrogen-bond acceptors (Lipinski definition) is 5. The Bertz CT molecular complexity index is 572. The Morgan fingerprint density at radius 3 is 3.05 bits per heavy atom. The van der Waals surface area contributed by atoms with Crippen LogP contribution in [0.15, 0.2) is 12.3 Å². The van der Waals surface area contributed by atoms with E-state index in [2.05, 4.69) is 10.4 Å². The van der Waals surface area contributed by atoms with Gasteiger partial charge < -0.3 is 15.2 Å². The lowest BCUT2D eigenvalue weighted by Gasteiger charge is -2.21. The third kappa shape index (κ3) is 2.52. The van der Waals surface area contributed by atoms with Gasteiger partial charge in [0.05, 0.1) is 19.8 Å². The van der Waals surface area contributed by atoms with Gasteiger partial charge >= 0.3 is 5.97 Å². The number of nitrogens with zero attached hydrogens (tertiary/aromatic N) is 3. The first kappa shape index (κ1) is 14.0. The highest BCUT2D eigenvalue weighted by Gasteiger charge is 2.56. The molecule has 21 heavy (non-hydrogen) atoms. The van der Waals surface area contributed by atoms with Crippen LogP contribution >= 0.6 is 0 Å². The number of carboxylic acid groups (broad SMARTS) is 1. The zero-order valence-corrected chi connectivity index (χ0v) is 11.8. The number of fused-ring (bicyclic) bond motifs is 1. The normalized spacial score (nSPS) is 28.5. The molecule has 0 bridgehead atoms. The number of likely N-dealkylation sites (tertiary alicyclic amines) is 1. The molecule has 3 rings (SSSR count). The monoisotopic (exact) mass is 294 g/mol. The second-order valence-electron chi connectivity index (χ2n) is 5.77. The fraction of sp³-hybridized carbons (Fsp3) is 0.615. The summed E-state index contributed by atoms with van der Waals surface area (Å²) in [5.74, 6) is -0.566. The highest BCUT2D eigenvalue weighted by atomic mass is 16.5. The SMILES string of the molecule is Cn1ccc(NC(=O)CN2C[C@@H]3COC[C@]3(C(=O)O)C2)n1. The van der Waals surface area contributed by atoms with Gasteiger partial charge in [0.25, 0.3) is 0 Å². The van der Waals surface area contributed by atoms with Gasteiger partial charge in [0.2, 0.25) is 5.91 Å². The molecule has 0 unspecified atom stereocenters. The van der Waals surface area contributed by atoms with Crippen LogP contribution in [-0.2, 0) is 21.4 Å². The summed E-state index contributed by atoms with van der Waals surface area (Å²) in [7, 11) is 1.77. The zero-order chi connectivity index (χ0) is 15.0. The minimum Gasteiger partial charge on any atom is -0.481 e. The van der Waals surface area contributed by atoms with Crippen molar-refractivity contribution in [2.24, 2.45) is 18.4 Å². The number of carbonyl (C=O) groups excluding carboxylic acids is 1. The number of rotatable bonds is 4. The summed E-state index contributed by atoms with van der Waals surface area (Å²) < 4.78 is 6.91. The van der Waals surface area contributed by atoms with Crippen LogP contribution in [0.1, 0.15) is 0 Å². The number of anilines is 1. The van der Waals surface area contributed by atoms with Crippen molar-refractivity contribution in [1.29, 1.82) is 0 Å². The number of amides is 1. The third-order valence-corrected chi connectivity index (χ3v) is 4.22. The number of aryl methyl sites for hydroxylation is 1. The molecule has 8 heteroatoms. The number of carbonyl (C=O) groups is 2. The molecule has 8 nitrogen and oxygen atoms in total. The minimum atomic E-state index is -0.856. The number of aromatic nitrogens is 2. The number of ether oxygens (including phenoxy) is 1. The molecule has 0 spiro atoms. The Labute approximate surface area is 121 Å². The van der Waals surface area contributed by atoms with E-state index in [-0.39, 0.29) is 25.0 Å². The maximum atomic E-state index is 12.0. The molecule has 0 saturated carbocycles. The molecule has 2 N–H and O–H groups in total. The van der Waals surface area contributed by atoms with Gasteiger partial charge in [-0.2, -0.15) is 5.10 Å². The summed E-state index contributed by atoms with van der Waals surface area (Å²) in [6.07, 6.45) is 1.74. The summed E-state index contributed by atoms with van der Waals surface area (Å²) in [6.45, 7) is 1.77. The standard InChI is InChI=1S/C13H18N4O4/c1-16-3-2-10(15-16)14-11(18)5-17-4-9-6-21-8-13(9,7-17)12(19)20/h2-3,9H,4-8H2,1H3,(H,19,20)(H,14,15,18)/t9-,13-/m1/s1. The van der Waals surface area contributed by atoms with Crippen molar-refractivity contribution >= 4 is 17.7 Å². The summed E-state index contributed by atoms with van der Waals surface area (Å²) in [6, 6.07) is 1.71. The van der Waals surface area contributed by atoms with Crippen molar-refractivity contribution in [3.63, 3.8) is 0 Å². The lowest BCUT2D eigenvalue weighted by atomic mass is 9.81. The van der Waals surface area contributed by atoms with E-state index in [0.29, 0.717) is 25.5 Å². The van der Waals surface area contributed by atoms with Crippen LogP contribution in [0.2, 0.25) is 0 Å². The van der Waals surface area contributed by atoms with E-state index >= 15 is 0 Å². The number of nitrogens with one attached hydrogen (secondary N) is 1. The Kier molecular flexibility index (Phi) is 3.42. The molecule has 1 aromatic rings. The second kappa shape index (κ2) is 5.12. The van der Waals surface area contributed by atoms with E-state index in [1.165, 1.54) is 0 Å². The average molecular weight is 294 g/mol. The Morgan fingerprint density at radius 1 is 1.62 bits per heavy atom. The van der Waals surface area contributed by atoms with E-state index in [0.717, 1.165) is 0 Å². The lowest BCUT2D eigenvalue weighted by molar-refractivity contribution is -0.149. The molecule has 1 aromatic heterocycles. The maximum Gasteiger partial charge on any atom is 0.313 e. The zero-order valence-electron chi connectivity index (χ0n) is 11.8. The van der Waals surface area contributed by atoms with Gasteiger partial charge in [-0.15, -0.1) is 0 Å². The van der Waals surface area contributed by atoms with Crippen LogP contribution in [-0.4, -0.2) is 64.5 Å². The topological polar surface area (TPSA) is 96.7 Å². The van der Waals surface area contributed by atoms with Crippen LogP contribution in [0.4, 0.5) is 5.82 Å². The molecule has 2 saturated heterocycles. The molecule has 0 aromatic carbocycles. The Balaban J connectivity index is 1.59. The van der Waals surface area contributed by atoms with Crippen LogP contribution in [0, 0.1) is 11.3 Å². The van der Waals surface area contributed by atoms with Crippen molar-refractivity contribution in [3.8, 4) is 0 Å². The summed E-state index contributed by atoms with van der Waals surface area (Å²) >= 11 is 0. The number of carboxylic acids is 1. The van der Waals surface area contributed by atoms with Crippen LogP contribution in [0.25, 0.3) is 0 Å². The second-order valence-corrected chi connectivity index (χ2v) is 5.77. The molecule has 1 amide bonds. The summed E-state index contributed by atoms with van der Waals surface area (Å²) in [5, 5.41) is 16.2. The van der Waals surface area contributed by atoms with Crippen molar-refractivity contribution < 1.29 is 19.4 Å². The minimum absolute atomic E-state index is 0.0438. The first-order valence-corrected chi connectivity index (χ1v) is 6.82. The smallest absolute Gasteiger partial charge is 0.313 e. The first-order chi connectivity index (χ1) is 9.99. The summed E-state index contributed by atoms with van der Waals surface area (Å²) in [4.78, 5) is 25.4. The fourth-order valence-electron chi connectivity index (χ4n) is 3.13. The number of aliphatic carboxylic acids is 1. The molecule has 3 heterocycles. The van der Waals surface area contributed by atoms with E-state index in [1.54, 1.807) is 24.0 Å². The quantitative estimate of drug-likeness (QED) is 0.769. The highest BCUT2D eigenvalue weighted by molar-refractivity contribution is 5.91. The molecular weight excluding hydrogens is 276 g/mol. The third-order valence-electron chi connectivity index (χ3n) is 4.22. The van der Waals surface area contributed by atoms with Gasteiger partial charge in [0, 0.05) is 38.3 Å². The highest BCUT2D eigenvalue weighted by Crippen LogP contribution is 2.41. The van der Waals surface area contributed by atoms with Crippen molar-refractivity contribution in [3.05, 3.63) is 12.3 Å². The van der Waals surface area contributed by atoms with E-state index < -0.39 is 11.4 Å². The Morgan fingerprint density at radius 2 is 2.43 bits per heavy atom. The molecular formula is C13H18N4O4. The van der Waals surface area contributed by atoms with Crippen LogP contribution < -0.4 is 5.32 Å². The summed E-state index contributed by atoms with van der Waals surface area (Å²) in [5.41, 5.74) is -0.856. The van der Waals surface area contributed by atoms with Crippen molar-refractivity contribution in [1.82, 2.24) is 14.7 Å². The van der Waals surface area contributed by atoms with Gasteiger partial charge in [0.1, 0.15) is 5.41 Å². The van der Waals surface area contributed by atoms with Gasteiger partial charge in [-0.25, -0.2) is 0 Å².